The smallest absolute Gasteiger partial charge is 0.277 e. The molecule has 1 atom stereocenters. The number of benzene rings is 1. The van der Waals surface area contributed by atoms with Gasteiger partial charge in [-0.05, 0) is 38.8 Å². The molecule has 0 radical (unpaired) electrons. The molecule has 26 heavy (non-hydrogen) atoms. The van der Waals surface area contributed by atoms with Gasteiger partial charge in [0.1, 0.15) is 10.8 Å². The number of carbonyl (C=O) groups excluding carboxylic acids is 1. The Morgan fingerprint density at radius 2 is 2.15 bits per heavy atom. The lowest BCUT2D eigenvalue weighted by atomic mass is 9.96. The molecule has 1 fully saturated rings. The number of hydrogen-bond acceptors (Lipinski definition) is 6. The summed E-state index contributed by atoms with van der Waals surface area (Å²) in [6.07, 6.45) is 1.96. The van der Waals surface area contributed by atoms with Crippen LogP contribution in [-0.4, -0.2) is 43.0 Å². The molecule has 4 rings (SSSR count). The normalized spacial score (nSPS) is 18.0. The van der Waals surface area contributed by atoms with Crippen LogP contribution in [0.25, 0.3) is 11.0 Å². The molecular formula is C18H22N6OS. The Balaban J connectivity index is 1.66. The van der Waals surface area contributed by atoms with Gasteiger partial charge in [0.05, 0.1) is 11.0 Å². The predicted molar refractivity (Wildman–Crippen MR) is 102 cm³/mol. The standard InChI is InChI=1S/C18H22N6OS/c1-11(2)24-14-8-4-3-7-13(14)20-17(24)12-6-5-9-23(10-12)18(25)15-16(19)26-22-21-15/h3-4,7-8,11-12H,5-6,9-10,19H2,1-2H3. The number of piperidine rings is 1. The number of anilines is 1. The van der Waals surface area contributed by atoms with Crippen molar-refractivity contribution in [2.45, 2.75) is 38.6 Å². The lowest BCUT2D eigenvalue weighted by Gasteiger charge is -2.32. The molecule has 136 valence electrons. The lowest BCUT2D eigenvalue weighted by Crippen LogP contribution is -2.40. The maximum Gasteiger partial charge on any atom is 0.277 e. The van der Waals surface area contributed by atoms with Crippen molar-refractivity contribution in [2.75, 3.05) is 18.8 Å². The van der Waals surface area contributed by atoms with E-state index >= 15 is 0 Å². The minimum absolute atomic E-state index is 0.131. The van der Waals surface area contributed by atoms with E-state index in [0.717, 1.165) is 41.2 Å². The van der Waals surface area contributed by atoms with Crippen LogP contribution in [0.3, 0.4) is 0 Å². The van der Waals surface area contributed by atoms with E-state index in [1.807, 2.05) is 23.1 Å². The summed E-state index contributed by atoms with van der Waals surface area (Å²) in [6, 6.07) is 8.52. The number of nitrogens with two attached hydrogens (primary N) is 1. The highest BCUT2D eigenvalue weighted by atomic mass is 32.1. The number of nitrogen functional groups attached to an aromatic ring is 1. The SMILES string of the molecule is CC(C)n1c(C2CCCN(C(=O)c3nnsc3N)C2)nc2ccccc21. The molecule has 0 bridgehead atoms. The first-order valence-electron chi connectivity index (χ1n) is 8.90. The number of amides is 1. The van der Waals surface area contributed by atoms with Gasteiger partial charge in [-0.15, -0.1) is 5.10 Å². The van der Waals surface area contributed by atoms with E-state index in [-0.39, 0.29) is 17.5 Å². The molecule has 3 aromatic rings. The van der Waals surface area contributed by atoms with Crippen LogP contribution >= 0.6 is 11.5 Å². The number of nitrogens with zero attached hydrogens (tertiary/aromatic N) is 5. The Kier molecular flexibility index (Phi) is 4.36. The summed E-state index contributed by atoms with van der Waals surface area (Å²) in [5.41, 5.74) is 8.26. The van der Waals surface area contributed by atoms with Gasteiger partial charge in [-0.3, -0.25) is 4.79 Å². The van der Waals surface area contributed by atoms with Crippen molar-refractivity contribution in [1.29, 1.82) is 0 Å². The quantitative estimate of drug-likeness (QED) is 0.765. The second-order valence-corrected chi connectivity index (χ2v) is 7.78. The highest BCUT2D eigenvalue weighted by Crippen LogP contribution is 2.32. The molecule has 2 aromatic heterocycles. The number of hydrogen-bond donors (Lipinski definition) is 1. The van der Waals surface area contributed by atoms with Crippen LogP contribution in [0, 0.1) is 0 Å². The molecular weight excluding hydrogens is 348 g/mol. The molecule has 1 amide bonds. The van der Waals surface area contributed by atoms with Crippen molar-refractivity contribution in [3.8, 4) is 0 Å². The van der Waals surface area contributed by atoms with E-state index in [1.165, 1.54) is 0 Å². The maximum atomic E-state index is 12.8. The van der Waals surface area contributed by atoms with Crippen LogP contribution in [0.1, 0.15) is 55.0 Å². The summed E-state index contributed by atoms with van der Waals surface area (Å²) in [6.45, 7) is 5.69. The summed E-state index contributed by atoms with van der Waals surface area (Å²) >= 11 is 1.06. The molecule has 0 aliphatic carbocycles. The Hall–Kier alpha value is -2.48. The second-order valence-electron chi connectivity index (χ2n) is 7.00. The van der Waals surface area contributed by atoms with E-state index in [2.05, 4.69) is 34.1 Å². The predicted octanol–water partition coefficient (Wildman–Crippen LogP) is 3.07. The molecule has 1 unspecified atom stereocenters. The molecule has 0 spiro atoms. The average molecular weight is 370 g/mol. The van der Waals surface area contributed by atoms with Gasteiger partial charge < -0.3 is 15.2 Å². The molecule has 0 saturated carbocycles. The van der Waals surface area contributed by atoms with Crippen molar-refractivity contribution in [2.24, 2.45) is 0 Å². The number of rotatable bonds is 3. The average Bonchev–Trinajstić information content (AvgIpc) is 3.24. The van der Waals surface area contributed by atoms with Gasteiger partial charge >= 0.3 is 0 Å². The molecule has 1 aliphatic rings. The van der Waals surface area contributed by atoms with Crippen LogP contribution in [0.15, 0.2) is 24.3 Å². The van der Waals surface area contributed by atoms with Gasteiger partial charge in [-0.2, -0.15) is 0 Å². The summed E-state index contributed by atoms with van der Waals surface area (Å²) in [4.78, 5) is 19.5. The number of fused-ring (bicyclic) bond motifs is 1. The monoisotopic (exact) mass is 370 g/mol. The highest BCUT2D eigenvalue weighted by molar-refractivity contribution is 7.10. The molecule has 3 heterocycles. The molecule has 1 aromatic carbocycles. The van der Waals surface area contributed by atoms with E-state index in [0.29, 0.717) is 24.1 Å². The number of aromatic nitrogens is 4. The van der Waals surface area contributed by atoms with Crippen molar-refractivity contribution >= 4 is 33.5 Å². The van der Waals surface area contributed by atoms with E-state index in [9.17, 15) is 4.79 Å². The van der Waals surface area contributed by atoms with E-state index in [1.54, 1.807) is 0 Å². The van der Waals surface area contributed by atoms with Crippen molar-refractivity contribution in [3.63, 3.8) is 0 Å². The fourth-order valence-corrected chi connectivity index (χ4v) is 4.19. The van der Waals surface area contributed by atoms with E-state index in [4.69, 9.17) is 10.7 Å². The van der Waals surface area contributed by atoms with Gasteiger partial charge in [-0.25, -0.2) is 4.98 Å². The maximum absolute atomic E-state index is 12.8. The molecule has 8 heteroatoms. The molecule has 1 saturated heterocycles. The number of likely N-dealkylation sites (tertiary alicyclic amines) is 1. The third-order valence-electron chi connectivity index (χ3n) is 4.93. The Morgan fingerprint density at radius 3 is 2.88 bits per heavy atom. The summed E-state index contributed by atoms with van der Waals surface area (Å²) in [7, 11) is 0. The first-order valence-corrected chi connectivity index (χ1v) is 9.67. The molecule has 2 N–H and O–H groups in total. The summed E-state index contributed by atoms with van der Waals surface area (Å²) < 4.78 is 6.08. The molecule has 7 nitrogen and oxygen atoms in total. The summed E-state index contributed by atoms with van der Waals surface area (Å²) in [5.74, 6) is 1.13. The largest absolute Gasteiger partial charge is 0.387 e. The van der Waals surface area contributed by atoms with Gasteiger partial charge in [0, 0.05) is 36.6 Å². The zero-order valence-electron chi connectivity index (χ0n) is 14.9. The second kappa shape index (κ2) is 6.68. The summed E-state index contributed by atoms with van der Waals surface area (Å²) in [5, 5.41) is 4.28. The van der Waals surface area contributed by atoms with Crippen molar-refractivity contribution < 1.29 is 4.79 Å². The zero-order chi connectivity index (χ0) is 18.3. The van der Waals surface area contributed by atoms with Crippen molar-refractivity contribution in [1.82, 2.24) is 24.0 Å². The van der Waals surface area contributed by atoms with Crippen LogP contribution in [-0.2, 0) is 0 Å². The molecule has 1 aliphatic heterocycles. The number of para-hydroxylation sites is 2. The fraction of sp³-hybridized carbons (Fsp3) is 0.444. The van der Waals surface area contributed by atoms with Gasteiger partial charge in [-0.1, -0.05) is 16.6 Å². The zero-order valence-corrected chi connectivity index (χ0v) is 15.7. The van der Waals surface area contributed by atoms with Crippen molar-refractivity contribution in [3.05, 3.63) is 35.8 Å². The Bertz CT molecular complexity index is 946. The minimum Gasteiger partial charge on any atom is -0.387 e. The lowest BCUT2D eigenvalue weighted by molar-refractivity contribution is 0.0698. The van der Waals surface area contributed by atoms with Gasteiger partial charge in [0.15, 0.2) is 5.69 Å². The van der Waals surface area contributed by atoms with Crippen LogP contribution in [0.5, 0.6) is 0 Å². The fourth-order valence-electron chi connectivity index (χ4n) is 3.76. The van der Waals surface area contributed by atoms with Crippen LogP contribution in [0.4, 0.5) is 5.00 Å². The van der Waals surface area contributed by atoms with Gasteiger partial charge in [0.2, 0.25) is 0 Å². The Labute approximate surface area is 156 Å². The minimum atomic E-state index is -0.131. The van der Waals surface area contributed by atoms with Gasteiger partial charge in [0.25, 0.3) is 5.91 Å². The topological polar surface area (TPSA) is 89.9 Å². The third kappa shape index (κ3) is 2.84. The Morgan fingerprint density at radius 1 is 1.35 bits per heavy atom. The number of imidazole rings is 1. The highest BCUT2D eigenvalue weighted by Gasteiger charge is 2.31. The van der Waals surface area contributed by atoms with Crippen LogP contribution in [0.2, 0.25) is 0 Å². The van der Waals surface area contributed by atoms with Crippen LogP contribution < -0.4 is 5.73 Å². The first-order chi connectivity index (χ1) is 12.6. The first kappa shape index (κ1) is 17.0. The third-order valence-corrected chi connectivity index (χ3v) is 5.48. The number of carbonyl (C=O) groups is 1. The van der Waals surface area contributed by atoms with E-state index < -0.39 is 0 Å².